The maximum Gasteiger partial charge on any atom is 0.186 e. The Balaban J connectivity index is 1.14. The first-order valence-corrected chi connectivity index (χ1v) is 17.3. The molecule has 18 atom stereocenters. The van der Waals surface area contributed by atoms with Crippen LogP contribution in [0.15, 0.2) is 11.6 Å². The molecule has 0 spiro atoms. The monoisotopic (exact) mass is 656 g/mol. The van der Waals surface area contributed by atoms with Gasteiger partial charge in [-0.25, -0.2) is 0 Å². The van der Waals surface area contributed by atoms with E-state index in [1.807, 2.05) is 6.92 Å². The number of ether oxygens (including phenoxy) is 5. The minimum atomic E-state index is -1.50. The van der Waals surface area contributed by atoms with E-state index < -0.39 is 85.1 Å². The highest BCUT2D eigenvalue weighted by Crippen LogP contribution is 2.68. The van der Waals surface area contributed by atoms with Gasteiger partial charge in [0, 0.05) is 12.5 Å². The van der Waals surface area contributed by atoms with Crippen molar-refractivity contribution in [3.63, 3.8) is 0 Å². The summed E-state index contributed by atoms with van der Waals surface area (Å²) in [5.74, 6) is 0.360. The Morgan fingerprint density at radius 3 is 2.33 bits per heavy atom. The van der Waals surface area contributed by atoms with Crippen LogP contribution in [-0.2, 0) is 23.7 Å². The molecule has 0 bridgehead atoms. The quantitative estimate of drug-likeness (QED) is 0.191. The van der Waals surface area contributed by atoms with Crippen LogP contribution in [0.25, 0.3) is 0 Å². The van der Waals surface area contributed by atoms with Crippen molar-refractivity contribution < 1.29 is 59.4 Å². The summed E-state index contributed by atoms with van der Waals surface area (Å²) in [6.07, 6.45) is -2.76. The lowest BCUT2D eigenvalue weighted by Gasteiger charge is -2.61. The Hall–Kier alpha value is -0.740. The molecule has 6 aliphatic rings. The van der Waals surface area contributed by atoms with Gasteiger partial charge in [0.2, 0.25) is 0 Å². The predicted molar refractivity (Wildman–Crippen MR) is 163 cm³/mol. The number of rotatable bonds is 7. The third-order valence-electron chi connectivity index (χ3n) is 13.5. The summed E-state index contributed by atoms with van der Waals surface area (Å²) in [6.45, 7) is 7.65. The van der Waals surface area contributed by atoms with Crippen molar-refractivity contribution in [1.82, 2.24) is 0 Å². The van der Waals surface area contributed by atoms with Gasteiger partial charge in [0.05, 0.1) is 30.5 Å². The van der Waals surface area contributed by atoms with Gasteiger partial charge in [-0.05, 0) is 88.4 Å². The Labute approximate surface area is 271 Å². The lowest BCUT2D eigenvalue weighted by atomic mass is 9.45. The number of methoxy groups -OCH3 is 1. The van der Waals surface area contributed by atoms with Crippen molar-refractivity contribution in [3.8, 4) is 0 Å². The summed E-state index contributed by atoms with van der Waals surface area (Å²) in [5, 5.41) is 74.4. The van der Waals surface area contributed by atoms with Gasteiger partial charge in [0.25, 0.3) is 0 Å². The van der Waals surface area contributed by atoms with Gasteiger partial charge < -0.3 is 59.4 Å². The molecule has 7 unspecified atom stereocenters. The van der Waals surface area contributed by atoms with Crippen LogP contribution < -0.4 is 0 Å². The number of hydrogen-bond acceptors (Lipinski definition) is 12. The van der Waals surface area contributed by atoms with Crippen molar-refractivity contribution in [1.29, 1.82) is 0 Å². The lowest BCUT2D eigenvalue weighted by molar-refractivity contribution is -0.317. The third kappa shape index (κ3) is 5.43. The minimum absolute atomic E-state index is 0.0214. The van der Waals surface area contributed by atoms with Gasteiger partial charge in [-0.15, -0.1) is 0 Å². The summed E-state index contributed by atoms with van der Waals surface area (Å²) in [7, 11) is 1.46. The van der Waals surface area contributed by atoms with E-state index in [2.05, 4.69) is 19.9 Å². The molecule has 0 radical (unpaired) electrons. The topological polar surface area (TPSA) is 188 Å². The molecule has 2 aliphatic heterocycles. The average Bonchev–Trinajstić information content (AvgIpc) is 3.31. The molecule has 2 heterocycles. The summed E-state index contributed by atoms with van der Waals surface area (Å²) >= 11 is 0. The molecule has 0 aromatic rings. The molecule has 12 heteroatoms. The van der Waals surface area contributed by atoms with Gasteiger partial charge in [0.1, 0.15) is 42.7 Å². The third-order valence-corrected chi connectivity index (χ3v) is 13.5. The molecule has 5 fully saturated rings. The fourth-order valence-electron chi connectivity index (χ4n) is 10.6. The van der Waals surface area contributed by atoms with Crippen LogP contribution in [0.4, 0.5) is 0 Å². The van der Waals surface area contributed by atoms with E-state index in [-0.39, 0.29) is 23.4 Å². The fourth-order valence-corrected chi connectivity index (χ4v) is 10.6. The summed E-state index contributed by atoms with van der Waals surface area (Å²) in [6, 6.07) is 0. The van der Waals surface area contributed by atoms with Crippen molar-refractivity contribution in [3.05, 3.63) is 11.6 Å². The highest BCUT2D eigenvalue weighted by molar-refractivity contribution is 5.28. The maximum atomic E-state index is 12.6. The molecule has 4 aliphatic carbocycles. The van der Waals surface area contributed by atoms with Crippen molar-refractivity contribution >= 4 is 0 Å². The van der Waals surface area contributed by atoms with Crippen LogP contribution in [0.2, 0.25) is 0 Å². The molecule has 3 saturated carbocycles. The Bertz CT molecular complexity index is 1120. The normalized spacial score (nSPS) is 54.7. The smallest absolute Gasteiger partial charge is 0.186 e. The van der Waals surface area contributed by atoms with E-state index in [1.165, 1.54) is 12.7 Å². The molecule has 264 valence electrons. The number of hydrogen-bond donors (Lipinski definition) is 7. The first-order chi connectivity index (χ1) is 21.7. The van der Waals surface area contributed by atoms with Crippen molar-refractivity contribution in [2.75, 3.05) is 13.7 Å². The molecule has 6 rings (SSSR count). The molecule has 12 nitrogen and oxygen atoms in total. The van der Waals surface area contributed by atoms with Crippen LogP contribution in [0.1, 0.15) is 79.1 Å². The molecular formula is C34H56O12. The second kappa shape index (κ2) is 12.9. The Morgan fingerprint density at radius 2 is 1.63 bits per heavy atom. The molecule has 7 N–H and O–H groups in total. The van der Waals surface area contributed by atoms with E-state index in [0.717, 1.165) is 44.9 Å². The second-order valence-corrected chi connectivity index (χ2v) is 15.6. The van der Waals surface area contributed by atoms with Crippen molar-refractivity contribution in [2.24, 2.45) is 28.6 Å². The summed E-state index contributed by atoms with van der Waals surface area (Å²) < 4.78 is 29.4. The maximum absolute atomic E-state index is 12.6. The number of aliphatic hydroxyl groups is 7. The van der Waals surface area contributed by atoms with Gasteiger partial charge in [-0.2, -0.15) is 0 Å². The molecule has 0 amide bonds. The van der Waals surface area contributed by atoms with Gasteiger partial charge in [-0.3, -0.25) is 0 Å². The number of allylic oxidation sites excluding steroid dienone is 1. The average molecular weight is 657 g/mol. The van der Waals surface area contributed by atoms with Crippen LogP contribution >= 0.6 is 0 Å². The van der Waals surface area contributed by atoms with Crippen LogP contribution in [0, 0.1) is 28.6 Å². The molecule has 2 saturated heterocycles. The zero-order valence-electron chi connectivity index (χ0n) is 27.8. The van der Waals surface area contributed by atoms with Crippen LogP contribution in [-0.4, -0.2) is 129 Å². The highest BCUT2D eigenvalue weighted by atomic mass is 16.7. The molecule has 0 aromatic heterocycles. The zero-order chi connectivity index (χ0) is 33.3. The van der Waals surface area contributed by atoms with Gasteiger partial charge >= 0.3 is 0 Å². The number of aliphatic hydroxyl groups excluding tert-OH is 6. The van der Waals surface area contributed by atoms with Crippen LogP contribution in [0.3, 0.4) is 0 Å². The first kappa shape index (κ1) is 35.1. The summed E-state index contributed by atoms with van der Waals surface area (Å²) in [4.78, 5) is 0. The number of fused-ring (bicyclic) bond motifs is 5. The minimum Gasteiger partial charge on any atom is -0.394 e. The SMILES string of the molecule is COC1[C@@H](O)C(C)O[C@@H](O[C@H]2CC[C@@]3(C)C(=CCC4C3CC[C@]3(C)[C@@H](C(C)O[C@@H]5OC(CO)[C@@H](O)C(O)[C@@H]5O)CC[C@]43O)C2)[C@H]1O. The predicted octanol–water partition coefficient (Wildman–Crippen LogP) is 0.752. The largest absolute Gasteiger partial charge is 0.394 e. The van der Waals surface area contributed by atoms with Gasteiger partial charge in [0.15, 0.2) is 12.6 Å². The van der Waals surface area contributed by atoms with Crippen molar-refractivity contribution in [2.45, 2.75) is 158 Å². The standard InChI is InChI=1S/C34H56O12/c1-16(43-30-27(39)26(38)25(37)23(15-35)46-30)20-10-13-34(41)22-7-6-18-14-19(8-11-32(18,3)21(22)9-12-33(20,34)4)45-31-28(40)29(42-5)24(36)17(2)44-31/h6,16-17,19-31,35-41H,7-15H2,1-5H3/t16?,17?,19-,20+,21?,22?,23?,24-,25+,26?,27-,28-,29?,30+,31-,32-,33+,34-/m0/s1. The van der Waals surface area contributed by atoms with E-state index in [9.17, 15) is 35.7 Å². The first-order valence-electron chi connectivity index (χ1n) is 17.3. The molecular weight excluding hydrogens is 600 g/mol. The van der Waals surface area contributed by atoms with Crippen LogP contribution in [0.5, 0.6) is 0 Å². The van der Waals surface area contributed by atoms with E-state index in [0.29, 0.717) is 12.3 Å². The Morgan fingerprint density at radius 1 is 0.891 bits per heavy atom. The van der Waals surface area contributed by atoms with E-state index >= 15 is 0 Å². The van der Waals surface area contributed by atoms with Gasteiger partial charge in [-0.1, -0.05) is 25.5 Å². The fraction of sp³-hybridized carbons (Fsp3) is 0.941. The zero-order valence-corrected chi connectivity index (χ0v) is 27.8. The Kier molecular flexibility index (Phi) is 9.81. The molecule has 0 aromatic carbocycles. The second-order valence-electron chi connectivity index (χ2n) is 15.6. The molecule has 46 heavy (non-hydrogen) atoms. The highest BCUT2D eigenvalue weighted by Gasteiger charge is 2.67. The summed E-state index contributed by atoms with van der Waals surface area (Å²) in [5.41, 5.74) is -0.0797. The van der Waals surface area contributed by atoms with E-state index in [4.69, 9.17) is 23.7 Å². The lowest BCUT2D eigenvalue weighted by Crippen LogP contribution is -2.62. The van der Waals surface area contributed by atoms with E-state index in [1.54, 1.807) is 6.92 Å².